The fraction of sp³-hybridized carbons (Fsp3) is 0.364. The minimum absolute atomic E-state index is 0.175. The summed E-state index contributed by atoms with van der Waals surface area (Å²) in [5, 5.41) is 3.04. The van der Waals surface area contributed by atoms with Crippen LogP contribution < -0.4 is 10.0 Å². The van der Waals surface area contributed by atoms with E-state index in [4.69, 9.17) is 0 Å². The molecule has 1 heterocycles. The third-order valence-corrected chi connectivity index (χ3v) is 6.36. The molecule has 1 aliphatic heterocycles. The predicted octanol–water partition coefficient (Wildman–Crippen LogP) is 3.33. The number of amidine groups is 1. The van der Waals surface area contributed by atoms with Crippen LogP contribution in [-0.4, -0.2) is 26.2 Å². The number of carbonyl (C=O) groups is 1. The second-order valence-corrected chi connectivity index (χ2v) is 9.46. The highest BCUT2D eigenvalue weighted by Crippen LogP contribution is 2.24. The lowest BCUT2D eigenvalue weighted by molar-refractivity contribution is -0.123. The fourth-order valence-corrected chi connectivity index (χ4v) is 4.75. The molecule has 2 atom stereocenters. The summed E-state index contributed by atoms with van der Waals surface area (Å²) >= 11 is 0. The summed E-state index contributed by atoms with van der Waals surface area (Å²) in [5.74, 6) is 0.229. The molecule has 1 amide bonds. The second-order valence-electron chi connectivity index (χ2n) is 7.81. The Hall–Kier alpha value is -2.67. The topological polar surface area (TPSA) is 87.6 Å². The maximum atomic E-state index is 13.0. The first kappa shape index (κ1) is 21.0. The molecule has 29 heavy (non-hydrogen) atoms. The van der Waals surface area contributed by atoms with Crippen molar-refractivity contribution in [3.8, 4) is 0 Å². The number of amides is 1. The molecule has 2 unspecified atom stereocenters. The molecule has 0 radical (unpaired) electrons. The number of aliphatic imine (C=N–C) groups is 1. The predicted molar refractivity (Wildman–Crippen MR) is 114 cm³/mol. The first-order valence-corrected chi connectivity index (χ1v) is 11.2. The Balaban J connectivity index is 1.88. The molecule has 0 fully saturated rings. The number of carbonyl (C=O) groups excluding carboxylic acids is 1. The van der Waals surface area contributed by atoms with Crippen molar-refractivity contribution in [1.29, 1.82) is 0 Å². The summed E-state index contributed by atoms with van der Waals surface area (Å²) in [7, 11) is -3.64. The van der Waals surface area contributed by atoms with Gasteiger partial charge in [-0.25, -0.2) is 8.42 Å². The molecule has 154 valence electrons. The van der Waals surface area contributed by atoms with E-state index in [0.29, 0.717) is 12.0 Å². The molecular formula is C22H27N3O3S. The molecule has 0 aromatic heterocycles. The maximum Gasteiger partial charge on any atom is 0.263 e. The zero-order valence-corrected chi connectivity index (χ0v) is 18.0. The van der Waals surface area contributed by atoms with E-state index in [9.17, 15) is 13.2 Å². The first-order valence-electron chi connectivity index (χ1n) is 9.75. The average Bonchev–Trinajstić information content (AvgIpc) is 2.91. The molecule has 0 spiro atoms. The summed E-state index contributed by atoms with van der Waals surface area (Å²) in [6.07, 6.45) is 0.514. The molecule has 6 nitrogen and oxygen atoms in total. The Morgan fingerprint density at radius 3 is 2.41 bits per heavy atom. The van der Waals surface area contributed by atoms with E-state index in [-0.39, 0.29) is 28.6 Å². The minimum Gasteiger partial charge on any atom is -0.348 e. The number of hydrogen-bond acceptors (Lipinski definition) is 4. The zero-order valence-electron chi connectivity index (χ0n) is 17.1. The van der Waals surface area contributed by atoms with E-state index < -0.39 is 16.1 Å². The van der Waals surface area contributed by atoms with Gasteiger partial charge in [0.2, 0.25) is 5.91 Å². The van der Waals surface area contributed by atoms with Crippen LogP contribution in [0.4, 0.5) is 0 Å². The van der Waals surface area contributed by atoms with Crippen molar-refractivity contribution < 1.29 is 13.2 Å². The number of aryl methyl sites for hydroxylation is 1. The quantitative estimate of drug-likeness (QED) is 0.761. The summed E-state index contributed by atoms with van der Waals surface area (Å²) in [5.41, 5.74) is 2.65. The maximum absolute atomic E-state index is 13.0. The van der Waals surface area contributed by atoms with Crippen molar-refractivity contribution in [2.24, 2.45) is 10.9 Å². The van der Waals surface area contributed by atoms with Crippen LogP contribution in [0, 0.1) is 12.8 Å². The molecule has 0 bridgehead atoms. The van der Waals surface area contributed by atoms with Gasteiger partial charge in [0.1, 0.15) is 11.9 Å². The highest BCUT2D eigenvalue weighted by molar-refractivity contribution is 7.90. The molecular weight excluding hydrogens is 386 g/mol. The van der Waals surface area contributed by atoms with E-state index in [1.165, 1.54) is 6.07 Å². The number of sulfonamides is 1. The van der Waals surface area contributed by atoms with Crippen LogP contribution in [0.2, 0.25) is 0 Å². The Labute approximate surface area is 172 Å². The molecule has 3 rings (SSSR count). The second kappa shape index (κ2) is 8.37. The smallest absolute Gasteiger partial charge is 0.263 e. The van der Waals surface area contributed by atoms with Gasteiger partial charge in [-0.15, -0.1) is 0 Å². The van der Waals surface area contributed by atoms with Crippen molar-refractivity contribution in [3.05, 3.63) is 65.2 Å². The lowest BCUT2D eigenvalue weighted by Gasteiger charge is -2.21. The minimum atomic E-state index is -3.64. The van der Waals surface area contributed by atoms with Gasteiger partial charge >= 0.3 is 0 Å². The summed E-state index contributed by atoms with van der Waals surface area (Å²) in [4.78, 5) is 17.8. The highest BCUT2D eigenvalue weighted by Gasteiger charge is 2.32. The Bertz CT molecular complexity index is 1040. The SMILES string of the molecule is Cc1ccccc1C(C)NC(=O)C(CC(C)C)N=C1NS(=O)(=O)c2ccccc21. The lowest BCUT2D eigenvalue weighted by atomic mass is 10.0. The summed E-state index contributed by atoms with van der Waals surface area (Å²) < 4.78 is 27.2. The van der Waals surface area contributed by atoms with E-state index in [1.54, 1.807) is 18.2 Å². The Morgan fingerprint density at radius 2 is 1.72 bits per heavy atom. The largest absolute Gasteiger partial charge is 0.348 e. The van der Waals surface area contributed by atoms with Gasteiger partial charge in [-0.1, -0.05) is 50.2 Å². The van der Waals surface area contributed by atoms with Gasteiger partial charge in [0.05, 0.1) is 10.9 Å². The highest BCUT2D eigenvalue weighted by atomic mass is 32.2. The summed E-state index contributed by atoms with van der Waals surface area (Å²) in [6.45, 7) is 7.97. The van der Waals surface area contributed by atoms with E-state index in [0.717, 1.165) is 11.1 Å². The van der Waals surface area contributed by atoms with Crippen molar-refractivity contribution in [1.82, 2.24) is 10.0 Å². The summed E-state index contributed by atoms with van der Waals surface area (Å²) in [6, 6.07) is 13.7. The number of benzene rings is 2. The number of hydrogen-bond donors (Lipinski definition) is 2. The van der Waals surface area contributed by atoms with Gasteiger partial charge in [0, 0.05) is 5.56 Å². The van der Waals surface area contributed by atoms with Gasteiger partial charge in [-0.3, -0.25) is 14.5 Å². The monoisotopic (exact) mass is 413 g/mol. The van der Waals surface area contributed by atoms with Crippen LogP contribution >= 0.6 is 0 Å². The van der Waals surface area contributed by atoms with Gasteiger partial charge in [0.25, 0.3) is 10.0 Å². The standard InChI is InChI=1S/C22H27N3O3S/c1-14(2)13-19(22(26)23-16(4)17-10-6-5-9-15(17)3)24-21-18-11-7-8-12-20(18)29(27,28)25-21/h5-12,14,16,19H,13H2,1-4H3,(H,23,26)(H,24,25). The van der Waals surface area contributed by atoms with Crippen molar-refractivity contribution in [3.63, 3.8) is 0 Å². The zero-order chi connectivity index (χ0) is 21.2. The van der Waals surface area contributed by atoms with E-state index in [1.807, 2.05) is 52.0 Å². The van der Waals surface area contributed by atoms with Crippen molar-refractivity contribution >= 4 is 21.8 Å². The van der Waals surface area contributed by atoms with Gasteiger partial charge in [-0.2, -0.15) is 0 Å². The molecule has 2 aromatic carbocycles. The van der Waals surface area contributed by atoms with Gasteiger partial charge in [0.15, 0.2) is 0 Å². The van der Waals surface area contributed by atoms with Gasteiger partial charge in [-0.05, 0) is 49.4 Å². The fourth-order valence-electron chi connectivity index (χ4n) is 3.51. The van der Waals surface area contributed by atoms with E-state index in [2.05, 4.69) is 15.0 Å². The van der Waals surface area contributed by atoms with Crippen molar-refractivity contribution in [2.45, 2.75) is 51.1 Å². The number of nitrogens with one attached hydrogen (secondary N) is 2. The lowest BCUT2D eigenvalue weighted by Crippen LogP contribution is -2.38. The number of fused-ring (bicyclic) bond motifs is 1. The van der Waals surface area contributed by atoms with Crippen LogP contribution in [0.25, 0.3) is 0 Å². The number of rotatable bonds is 6. The average molecular weight is 414 g/mol. The third-order valence-electron chi connectivity index (χ3n) is 4.96. The molecule has 1 aliphatic rings. The Morgan fingerprint density at radius 1 is 1.07 bits per heavy atom. The van der Waals surface area contributed by atoms with Gasteiger partial charge < -0.3 is 5.32 Å². The van der Waals surface area contributed by atoms with Crippen LogP contribution in [0.15, 0.2) is 58.4 Å². The third kappa shape index (κ3) is 4.67. The molecule has 0 saturated heterocycles. The molecule has 2 aromatic rings. The van der Waals surface area contributed by atoms with Crippen LogP contribution in [0.1, 0.15) is 49.9 Å². The van der Waals surface area contributed by atoms with Crippen LogP contribution in [0.5, 0.6) is 0 Å². The number of nitrogens with zero attached hydrogens (tertiary/aromatic N) is 1. The first-order chi connectivity index (χ1) is 13.7. The Kier molecular flexibility index (Phi) is 6.07. The molecule has 7 heteroatoms. The van der Waals surface area contributed by atoms with Crippen LogP contribution in [-0.2, 0) is 14.8 Å². The molecule has 0 aliphatic carbocycles. The normalized spacial score (nSPS) is 18.2. The van der Waals surface area contributed by atoms with E-state index >= 15 is 0 Å². The molecule has 2 N–H and O–H groups in total. The van der Waals surface area contributed by atoms with Crippen LogP contribution in [0.3, 0.4) is 0 Å². The molecule has 0 saturated carbocycles. The van der Waals surface area contributed by atoms with Crippen molar-refractivity contribution in [2.75, 3.05) is 0 Å².